The summed E-state index contributed by atoms with van der Waals surface area (Å²) in [6.45, 7) is 10.4. The lowest BCUT2D eigenvalue weighted by Gasteiger charge is -2.17. The standard InChI is InChI=1S/C38H40N4O5/c1-8-23-19(2)28-17-32-24(11-9-10-12-34(44)46-6)20(3)27(40-32)16-29-21(4)25(13-14-35(45)47-7)37(41-29)26-15-33(43)36-22(5)30(42-38(26)36)18-31(23)39-28/h9-12,16-18,21,25,41,43H,8,13-15H2,1-7H3/b11-9+,12-10+,29-16?,31-18?,32-17?,37-26?/t21-,25-/m0/s1. The van der Waals surface area contributed by atoms with Crippen LogP contribution in [-0.2, 0) is 19.1 Å². The van der Waals surface area contributed by atoms with Gasteiger partial charge in [0.1, 0.15) is 5.76 Å². The normalized spacial score (nSPS) is 23.6. The molecule has 0 unspecified atom stereocenters. The Balaban J connectivity index is 1.56. The van der Waals surface area contributed by atoms with Gasteiger partial charge in [0.15, 0.2) is 0 Å². The number of aliphatic hydroxyl groups is 1. The SMILES string of the molecule is CCC1=C(C)C2=NC1=CC1=C(C)C3=C(O)CC(=C4NC(=CC5=NC(=C2)C(/C=C/C=C/C(=O)OC)=C5C)[C@@H](C)[C@@H]4CCC(=O)OC)C3=N1. The highest BCUT2D eigenvalue weighted by Crippen LogP contribution is 2.46. The fourth-order valence-electron chi connectivity index (χ4n) is 7.06. The molecule has 5 heterocycles. The van der Waals surface area contributed by atoms with Crippen LogP contribution in [0, 0.1) is 11.8 Å². The second-order valence-corrected chi connectivity index (χ2v) is 12.4. The summed E-state index contributed by atoms with van der Waals surface area (Å²) in [5.41, 5.74) is 13.5. The van der Waals surface area contributed by atoms with Crippen LogP contribution in [0.4, 0.5) is 0 Å². The number of carbonyl (C=O) groups excluding carboxylic acids is 2. The van der Waals surface area contributed by atoms with Crippen LogP contribution in [0.25, 0.3) is 0 Å². The van der Waals surface area contributed by atoms with Gasteiger partial charge in [-0.25, -0.2) is 19.8 Å². The Morgan fingerprint density at radius 1 is 0.979 bits per heavy atom. The fraction of sp³-hybridized carbons (Fsp3) is 0.342. The third-order valence-corrected chi connectivity index (χ3v) is 9.80. The summed E-state index contributed by atoms with van der Waals surface area (Å²) in [7, 11) is 2.76. The minimum Gasteiger partial charge on any atom is -0.511 e. The minimum absolute atomic E-state index is 0.0217. The lowest BCUT2D eigenvalue weighted by Crippen LogP contribution is -2.16. The van der Waals surface area contributed by atoms with Crippen molar-refractivity contribution in [1.82, 2.24) is 5.32 Å². The van der Waals surface area contributed by atoms with E-state index in [-0.39, 0.29) is 24.2 Å². The Hall–Kier alpha value is -5.05. The molecule has 0 amide bonds. The number of hydrogen-bond acceptors (Lipinski definition) is 9. The molecule has 0 aromatic rings. The maximum Gasteiger partial charge on any atom is 0.330 e. The summed E-state index contributed by atoms with van der Waals surface area (Å²) in [6.07, 6.45) is 14.9. The summed E-state index contributed by atoms with van der Waals surface area (Å²) in [4.78, 5) is 39.2. The van der Waals surface area contributed by atoms with Gasteiger partial charge >= 0.3 is 11.9 Å². The number of allylic oxidation sites excluding steroid dienone is 14. The Kier molecular flexibility index (Phi) is 8.57. The molecule has 6 rings (SSSR count). The smallest absolute Gasteiger partial charge is 0.330 e. The van der Waals surface area contributed by atoms with Gasteiger partial charge in [0.25, 0.3) is 0 Å². The molecule has 1 fully saturated rings. The molecule has 242 valence electrons. The summed E-state index contributed by atoms with van der Waals surface area (Å²) in [5.74, 6) is -0.368. The number of nitrogens with zero attached hydrogens (tertiary/aromatic N) is 3. The molecule has 1 aliphatic carbocycles. The van der Waals surface area contributed by atoms with Crippen LogP contribution in [0.1, 0.15) is 60.3 Å². The van der Waals surface area contributed by atoms with Crippen LogP contribution in [0.3, 0.4) is 0 Å². The van der Waals surface area contributed by atoms with Gasteiger partial charge in [0.05, 0.1) is 48.4 Å². The Morgan fingerprint density at radius 3 is 2.45 bits per heavy atom. The molecule has 47 heavy (non-hydrogen) atoms. The van der Waals surface area contributed by atoms with E-state index >= 15 is 0 Å². The zero-order valence-corrected chi connectivity index (χ0v) is 27.9. The molecule has 2 N–H and O–H groups in total. The third-order valence-electron chi connectivity index (χ3n) is 9.80. The van der Waals surface area contributed by atoms with E-state index in [1.54, 1.807) is 6.08 Å². The summed E-state index contributed by atoms with van der Waals surface area (Å²) < 4.78 is 9.72. The zero-order chi connectivity index (χ0) is 33.6. The Labute approximate surface area is 275 Å². The number of carbonyl (C=O) groups is 2. The number of fused-ring (bicyclic) bond motifs is 5. The predicted octanol–water partition coefficient (Wildman–Crippen LogP) is 6.90. The van der Waals surface area contributed by atoms with Crippen LogP contribution < -0.4 is 5.32 Å². The van der Waals surface area contributed by atoms with Gasteiger partial charge in [-0.15, -0.1) is 0 Å². The number of methoxy groups -OCH3 is 2. The van der Waals surface area contributed by atoms with Gasteiger partial charge < -0.3 is 19.9 Å². The topological polar surface area (TPSA) is 122 Å². The van der Waals surface area contributed by atoms with E-state index in [0.29, 0.717) is 18.6 Å². The number of nitrogens with one attached hydrogen (secondary N) is 1. The number of aliphatic hydroxyl groups excluding tert-OH is 1. The van der Waals surface area contributed by atoms with Crippen molar-refractivity contribution in [3.63, 3.8) is 0 Å². The summed E-state index contributed by atoms with van der Waals surface area (Å²) in [6, 6.07) is 0. The molecule has 9 heteroatoms. The molecule has 6 aliphatic rings. The predicted molar refractivity (Wildman–Crippen MR) is 184 cm³/mol. The van der Waals surface area contributed by atoms with Gasteiger partial charge in [-0.05, 0) is 74.1 Å². The lowest BCUT2D eigenvalue weighted by molar-refractivity contribution is -0.141. The molecular formula is C38H40N4O5. The van der Waals surface area contributed by atoms with E-state index in [9.17, 15) is 14.7 Å². The monoisotopic (exact) mass is 632 g/mol. The van der Waals surface area contributed by atoms with E-state index < -0.39 is 5.97 Å². The van der Waals surface area contributed by atoms with Crippen molar-refractivity contribution in [2.24, 2.45) is 26.8 Å². The first-order chi connectivity index (χ1) is 22.6. The van der Waals surface area contributed by atoms with E-state index in [1.165, 1.54) is 20.3 Å². The summed E-state index contributed by atoms with van der Waals surface area (Å²) >= 11 is 0. The Bertz CT molecular complexity index is 1910. The van der Waals surface area contributed by atoms with E-state index in [4.69, 9.17) is 24.5 Å². The van der Waals surface area contributed by atoms with Crippen molar-refractivity contribution < 1.29 is 24.2 Å². The number of ether oxygens (including phenoxy) is 2. The highest BCUT2D eigenvalue weighted by Gasteiger charge is 2.41. The minimum atomic E-state index is -0.427. The van der Waals surface area contributed by atoms with Gasteiger partial charge in [-0.1, -0.05) is 32.1 Å². The van der Waals surface area contributed by atoms with Crippen molar-refractivity contribution in [2.75, 3.05) is 14.2 Å². The highest BCUT2D eigenvalue weighted by molar-refractivity contribution is 6.21. The van der Waals surface area contributed by atoms with E-state index in [2.05, 4.69) is 32.2 Å². The van der Waals surface area contributed by atoms with Gasteiger partial charge in [0.2, 0.25) is 0 Å². The molecule has 0 spiro atoms. The number of rotatable bonds is 7. The molecule has 9 nitrogen and oxygen atoms in total. The molecule has 0 aromatic carbocycles. The highest BCUT2D eigenvalue weighted by atomic mass is 16.5. The van der Waals surface area contributed by atoms with Crippen LogP contribution in [0.5, 0.6) is 0 Å². The molecule has 5 aliphatic heterocycles. The summed E-state index contributed by atoms with van der Waals surface area (Å²) in [5, 5.41) is 15.0. The second kappa shape index (κ2) is 12.6. The first-order valence-corrected chi connectivity index (χ1v) is 16.0. The number of aliphatic imine (C=N–C) groups is 3. The largest absolute Gasteiger partial charge is 0.511 e. The molecular weight excluding hydrogens is 592 g/mol. The second-order valence-electron chi connectivity index (χ2n) is 12.4. The first-order valence-electron chi connectivity index (χ1n) is 16.0. The third kappa shape index (κ3) is 5.64. The van der Waals surface area contributed by atoms with Crippen LogP contribution in [0.15, 0.2) is 131 Å². The number of esters is 2. The molecule has 8 bridgehead atoms. The Morgan fingerprint density at radius 2 is 1.72 bits per heavy atom. The van der Waals surface area contributed by atoms with Crippen LogP contribution in [-0.4, -0.2) is 48.4 Å². The first kappa shape index (κ1) is 31.9. The average Bonchev–Trinajstić information content (AvgIpc) is 3.80. The quantitative estimate of drug-likeness (QED) is 0.179. The molecule has 0 radical (unpaired) electrons. The van der Waals surface area contributed by atoms with Gasteiger partial charge in [-0.3, -0.25) is 4.79 Å². The molecule has 0 saturated carbocycles. The van der Waals surface area contributed by atoms with Crippen molar-refractivity contribution in [3.05, 3.63) is 116 Å². The maximum absolute atomic E-state index is 12.3. The van der Waals surface area contributed by atoms with Crippen molar-refractivity contribution >= 4 is 29.1 Å². The molecule has 2 atom stereocenters. The average molecular weight is 633 g/mol. The van der Waals surface area contributed by atoms with Crippen LogP contribution >= 0.6 is 0 Å². The van der Waals surface area contributed by atoms with E-state index in [1.807, 2.05) is 38.2 Å². The molecule has 0 aromatic heterocycles. The van der Waals surface area contributed by atoms with Gasteiger partial charge in [-0.2, -0.15) is 0 Å². The van der Waals surface area contributed by atoms with Crippen LogP contribution in [0.2, 0.25) is 0 Å². The number of hydrogen-bond donors (Lipinski definition) is 2. The maximum atomic E-state index is 12.3. The van der Waals surface area contributed by atoms with Gasteiger partial charge in [0, 0.05) is 58.9 Å². The van der Waals surface area contributed by atoms with Crippen molar-refractivity contribution in [1.29, 1.82) is 0 Å². The van der Waals surface area contributed by atoms with E-state index in [0.717, 1.165) is 91.1 Å². The van der Waals surface area contributed by atoms with Crippen molar-refractivity contribution in [2.45, 2.75) is 60.3 Å². The zero-order valence-electron chi connectivity index (χ0n) is 27.9. The van der Waals surface area contributed by atoms with Crippen molar-refractivity contribution in [3.8, 4) is 0 Å². The fourth-order valence-corrected chi connectivity index (χ4v) is 7.06. The lowest BCUT2D eigenvalue weighted by atomic mass is 9.86. The molecule has 1 saturated heterocycles.